The van der Waals surface area contributed by atoms with Crippen molar-refractivity contribution in [1.29, 1.82) is 0 Å². The van der Waals surface area contributed by atoms with Crippen LogP contribution in [-0.4, -0.2) is 40.7 Å². The second-order valence-electron chi connectivity index (χ2n) is 5.95. The minimum absolute atomic E-state index is 0.0394. The summed E-state index contributed by atoms with van der Waals surface area (Å²) in [6.45, 7) is -0.0980. The molecule has 0 aliphatic carbocycles. The standard InChI is InChI=1S/C18H14N4O4S2/c1-22(28(24)25)10-15-20-21-17(26-15)16(23)18-19-13-8-7-12(9-14(13)27-18)11-5-3-2-4-6-11/h2-9,28H,10H2,1H3. The first-order valence-electron chi connectivity index (χ1n) is 8.20. The zero-order valence-electron chi connectivity index (χ0n) is 14.6. The summed E-state index contributed by atoms with van der Waals surface area (Å²) >= 11 is 1.24. The quantitative estimate of drug-likeness (QED) is 0.382. The number of carbonyl (C=O) groups is 1. The van der Waals surface area contributed by atoms with Crippen LogP contribution in [0.2, 0.25) is 0 Å². The van der Waals surface area contributed by atoms with Crippen molar-refractivity contribution in [3.63, 3.8) is 0 Å². The molecule has 0 aliphatic heterocycles. The Morgan fingerprint density at radius 3 is 2.64 bits per heavy atom. The van der Waals surface area contributed by atoms with Gasteiger partial charge in [-0.25, -0.2) is 13.4 Å². The summed E-state index contributed by atoms with van der Waals surface area (Å²) in [7, 11) is -1.39. The predicted molar refractivity (Wildman–Crippen MR) is 105 cm³/mol. The fraction of sp³-hybridized carbons (Fsp3) is 0.111. The van der Waals surface area contributed by atoms with Crippen molar-refractivity contribution in [3.8, 4) is 11.1 Å². The van der Waals surface area contributed by atoms with Crippen molar-refractivity contribution in [2.45, 2.75) is 6.54 Å². The van der Waals surface area contributed by atoms with Crippen molar-refractivity contribution in [3.05, 3.63) is 65.3 Å². The number of hydrogen-bond donors (Lipinski definition) is 1. The van der Waals surface area contributed by atoms with Gasteiger partial charge in [0.2, 0.25) is 16.8 Å². The monoisotopic (exact) mass is 414 g/mol. The second kappa shape index (κ2) is 7.58. The lowest BCUT2D eigenvalue weighted by atomic mass is 10.1. The Balaban J connectivity index is 1.60. The van der Waals surface area contributed by atoms with Crippen LogP contribution in [0.4, 0.5) is 0 Å². The molecule has 0 aliphatic rings. The van der Waals surface area contributed by atoms with E-state index in [1.807, 2.05) is 48.5 Å². The van der Waals surface area contributed by atoms with Crippen LogP contribution in [0.3, 0.4) is 0 Å². The summed E-state index contributed by atoms with van der Waals surface area (Å²) in [4.78, 5) is 17.0. The zero-order valence-corrected chi connectivity index (χ0v) is 16.3. The molecule has 28 heavy (non-hydrogen) atoms. The number of nitrogens with zero attached hydrogens (tertiary/aromatic N) is 4. The smallest absolute Gasteiger partial charge is 0.291 e. The molecular formula is C18H14N4O4S2. The summed E-state index contributed by atoms with van der Waals surface area (Å²) in [5.74, 6) is -0.667. The van der Waals surface area contributed by atoms with Gasteiger partial charge in [-0.1, -0.05) is 36.4 Å². The van der Waals surface area contributed by atoms with Gasteiger partial charge in [-0.2, -0.15) is 4.31 Å². The molecule has 0 unspecified atom stereocenters. The van der Waals surface area contributed by atoms with Gasteiger partial charge in [0.15, 0.2) is 5.01 Å². The highest BCUT2D eigenvalue weighted by Crippen LogP contribution is 2.29. The van der Waals surface area contributed by atoms with Crippen molar-refractivity contribution < 1.29 is 17.6 Å². The summed E-state index contributed by atoms with van der Waals surface area (Å²) in [5, 5.41) is 7.68. The SMILES string of the molecule is CN(Cc1nnc(C(=O)c2nc3ccc(-c4ccccc4)cc3s2)o1)[SH](=O)=O. The molecule has 2 aromatic heterocycles. The number of ketones is 1. The van der Waals surface area contributed by atoms with E-state index in [-0.39, 0.29) is 23.3 Å². The average molecular weight is 414 g/mol. The molecule has 4 rings (SSSR count). The molecule has 0 N–H and O–H groups in total. The zero-order chi connectivity index (χ0) is 19.7. The van der Waals surface area contributed by atoms with Crippen molar-refractivity contribution in [2.24, 2.45) is 0 Å². The van der Waals surface area contributed by atoms with Crippen molar-refractivity contribution >= 4 is 38.2 Å². The van der Waals surface area contributed by atoms with Crippen molar-refractivity contribution in [1.82, 2.24) is 19.5 Å². The molecule has 0 atom stereocenters. The Bertz CT molecular complexity index is 1220. The van der Waals surface area contributed by atoms with Crippen LogP contribution < -0.4 is 0 Å². The van der Waals surface area contributed by atoms with Gasteiger partial charge in [0.25, 0.3) is 11.7 Å². The summed E-state index contributed by atoms with van der Waals surface area (Å²) in [6.07, 6.45) is 0. The van der Waals surface area contributed by atoms with E-state index in [9.17, 15) is 13.2 Å². The van der Waals surface area contributed by atoms with E-state index in [2.05, 4.69) is 15.2 Å². The van der Waals surface area contributed by atoms with Gasteiger partial charge in [0, 0.05) is 7.05 Å². The highest BCUT2D eigenvalue weighted by Gasteiger charge is 2.22. The number of thiol groups is 1. The molecule has 142 valence electrons. The van der Waals surface area contributed by atoms with Crippen LogP contribution in [0.1, 0.15) is 21.6 Å². The molecule has 0 amide bonds. The molecule has 2 aromatic carbocycles. The Labute approximate surface area is 165 Å². The van der Waals surface area contributed by atoms with Gasteiger partial charge in [-0.15, -0.1) is 21.5 Å². The lowest BCUT2D eigenvalue weighted by molar-refractivity contribution is 0.1000. The lowest BCUT2D eigenvalue weighted by Crippen LogP contribution is -2.15. The average Bonchev–Trinajstić information content (AvgIpc) is 3.34. The molecular weight excluding hydrogens is 400 g/mol. The van der Waals surface area contributed by atoms with Crippen LogP contribution in [0, 0.1) is 0 Å². The molecule has 0 fully saturated rings. The molecule has 8 nitrogen and oxygen atoms in total. The number of hydrogen-bond acceptors (Lipinski definition) is 8. The number of carbonyl (C=O) groups excluding carboxylic acids is 1. The minimum Gasteiger partial charge on any atom is -0.416 e. The molecule has 0 spiro atoms. The van der Waals surface area contributed by atoms with E-state index >= 15 is 0 Å². The highest BCUT2D eigenvalue weighted by atomic mass is 32.2. The number of rotatable bonds is 6. The van der Waals surface area contributed by atoms with E-state index in [0.717, 1.165) is 20.1 Å². The van der Waals surface area contributed by atoms with E-state index < -0.39 is 16.7 Å². The van der Waals surface area contributed by atoms with Gasteiger partial charge >= 0.3 is 0 Å². The minimum atomic E-state index is -2.76. The molecule has 0 bridgehead atoms. The van der Waals surface area contributed by atoms with Gasteiger partial charge in [-0.3, -0.25) is 4.79 Å². The third kappa shape index (κ3) is 3.70. The molecule has 0 saturated heterocycles. The maximum Gasteiger partial charge on any atom is 0.291 e. The first-order chi connectivity index (χ1) is 13.5. The van der Waals surface area contributed by atoms with Crippen LogP contribution >= 0.6 is 11.3 Å². The number of benzene rings is 2. The first kappa shape index (κ1) is 18.4. The van der Waals surface area contributed by atoms with Crippen LogP contribution in [-0.2, 0) is 17.4 Å². The topological polar surface area (TPSA) is 106 Å². The molecule has 0 radical (unpaired) electrons. The van der Waals surface area contributed by atoms with E-state index in [0.29, 0.717) is 5.52 Å². The van der Waals surface area contributed by atoms with Crippen molar-refractivity contribution in [2.75, 3.05) is 7.05 Å². The maximum atomic E-state index is 12.6. The number of thiazole rings is 1. The maximum absolute atomic E-state index is 12.6. The summed E-state index contributed by atoms with van der Waals surface area (Å²) in [6, 6.07) is 15.7. The molecule has 2 heterocycles. The molecule has 10 heteroatoms. The Hall–Kier alpha value is -2.95. The van der Waals surface area contributed by atoms with Crippen LogP contribution in [0.15, 0.2) is 52.9 Å². The van der Waals surface area contributed by atoms with E-state index in [1.165, 1.54) is 18.4 Å². The first-order valence-corrected chi connectivity index (χ1v) is 10.1. The van der Waals surface area contributed by atoms with Gasteiger partial charge in [-0.05, 0) is 23.3 Å². The Kier molecular flexibility index (Phi) is 4.99. The highest BCUT2D eigenvalue weighted by molar-refractivity contribution is 7.69. The van der Waals surface area contributed by atoms with Gasteiger partial charge < -0.3 is 4.42 Å². The normalized spacial score (nSPS) is 11.5. The lowest BCUT2D eigenvalue weighted by Gasteiger charge is -2.02. The third-order valence-corrected chi connectivity index (χ3v) is 5.71. The van der Waals surface area contributed by atoms with E-state index in [4.69, 9.17) is 4.42 Å². The van der Waals surface area contributed by atoms with Gasteiger partial charge in [0.05, 0.1) is 16.8 Å². The molecule has 0 saturated carbocycles. The third-order valence-electron chi connectivity index (χ3n) is 3.99. The predicted octanol–water partition coefficient (Wildman–Crippen LogP) is 2.54. The van der Waals surface area contributed by atoms with Crippen LogP contribution in [0.5, 0.6) is 0 Å². The fourth-order valence-corrected chi connectivity index (χ4v) is 3.76. The fourth-order valence-electron chi connectivity index (χ4n) is 2.59. The molecule has 4 aromatic rings. The summed E-state index contributed by atoms with van der Waals surface area (Å²) in [5.41, 5.74) is 2.81. The number of aromatic nitrogens is 3. The van der Waals surface area contributed by atoms with E-state index in [1.54, 1.807) is 0 Å². The van der Waals surface area contributed by atoms with Crippen LogP contribution in [0.25, 0.3) is 21.3 Å². The Morgan fingerprint density at radius 1 is 1.11 bits per heavy atom. The largest absolute Gasteiger partial charge is 0.416 e. The van der Waals surface area contributed by atoms with Gasteiger partial charge in [0.1, 0.15) is 0 Å². The summed E-state index contributed by atoms with van der Waals surface area (Å²) < 4.78 is 29.0. The number of fused-ring (bicyclic) bond motifs is 1. The second-order valence-corrected chi connectivity index (χ2v) is 8.14. The Morgan fingerprint density at radius 2 is 1.89 bits per heavy atom.